The van der Waals surface area contributed by atoms with Crippen molar-refractivity contribution in [1.29, 1.82) is 0 Å². The molecule has 0 spiro atoms. The fourth-order valence-electron chi connectivity index (χ4n) is 6.23. The van der Waals surface area contributed by atoms with Gasteiger partial charge in [-0.15, -0.1) is 0 Å². The molecule has 5 nitrogen and oxygen atoms in total. The van der Waals surface area contributed by atoms with Gasteiger partial charge in [0, 0.05) is 6.42 Å². The van der Waals surface area contributed by atoms with E-state index in [4.69, 9.17) is 14.2 Å². The largest absolute Gasteiger partial charge is 0.462 e. The smallest absolute Gasteiger partial charge is 0.314 e. The van der Waals surface area contributed by atoms with Gasteiger partial charge in [-0.25, -0.2) is 0 Å². The topological polar surface area (TPSA) is 61.8 Å². The van der Waals surface area contributed by atoms with Crippen molar-refractivity contribution in [2.75, 3.05) is 6.79 Å². The van der Waals surface area contributed by atoms with Gasteiger partial charge in [0.15, 0.2) is 6.79 Å². The Morgan fingerprint density at radius 2 is 1.89 bits per heavy atom. The Bertz CT molecular complexity index is 648. The number of carbonyl (C=O) groups is 2. The highest BCUT2D eigenvalue weighted by Gasteiger charge is 2.68. The maximum Gasteiger partial charge on any atom is 0.314 e. The van der Waals surface area contributed by atoms with Crippen LogP contribution in [0.15, 0.2) is 0 Å². The molecule has 5 fully saturated rings. The number of fused-ring (bicyclic) bond motifs is 1. The van der Waals surface area contributed by atoms with Crippen LogP contribution in [0.4, 0.5) is 0 Å². The van der Waals surface area contributed by atoms with E-state index in [9.17, 15) is 9.59 Å². The molecule has 5 atom stereocenters. The van der Waals surface area contributed by atoms with Crippen LogP contribution in [0, 0.1) is 28.1 Å². The zero-order valence-electron chi connectivity index (χ0n) is 17.4. The number of hydrogen-bond acceptors (Lipinski definition) is 5. The molecule has 0 amide bonds. The molecule has 0 radical (unpaired) electrons. The molecule has 5 rings (SSSR count). The van der Waals surface area contributed by atoms with Crippen molar-refractivity contribution in [3.63, 3.8) is 0 Å². The van der Waals surface area contributed by atoms with Crippen LogP contribution in [0.1, 0.15) is 79.6 Å². The Hall–Kier alpha value is -1.10. The Morgan fingerprint density at radius 1 is 1.19 bits per heavy atom. The molecule has 152 valence electrons. The monoisotopic (exact) mass is 378 g/mol. The fraction of sp³-hybridized carbons (Fsp3) is 0.909. The van der Waals surface area contributed by atoms with Crippen LogP contribution < -0.4 is 0 Å². The maximum atomic E-state index is 12.9. The van der Waals surface area contributed by atoms with Gasteiger partial charge in [-0.2, -0.15) is 0 Å². The highest BCUT2D eigenvalue weighted by Crippen LogP contribution is 2.68. The van der Waals surface area contributed by atoms with E-state index in [-0.39, 0.29) is 47.2 Å². The summed E-state index contributed by atoms with van der Waals surface area (Å²) in [6, 6.07) is 0. The Kier molecular flexibility index (Phi) is 4.24. The predicted octanol–water partition coefficient (Wildman–Crippen LogP) is 4.23. The lowest BCUT2D eigenvalue weighted by atomic mass is 9.65. The summed E-state index contributed by atoms with van der Waals surface area (Å²) in [6.07, 6.45) is 5.93. The molecule has 2 heterocycles. The lowest BCUT2D eigenvalue weighted by Gasteiger charge is -2.45. The Labute approximate surface area is 162 Å². The van der Waals surface area contributed by atoms with E-state index in [1.54, 1.807) is 0 Å². The zero-order valence-corrected chi connectivity index (χ0v) is 17.4. The molecule has 0 N–H and O–H groups in total. The minimum atomic E-state index is -0.397. The van der Waals surface area contributed by atoms with Gasteiger partial charge in [0.25, 0.3) is 0 Å². The summed E-state index contributed by atoms with van der Waals surface area (Å²) in [5.74, 6) is 0.242. The zero-order chi connectivity index (χ0) is 19.7. The standard InChI is InChI=1S/C22H34O5/c1-19(2,3)11-22(12-20(22,4)5)18(24)25-13-26-21-8-14-6-15(9-21)17(23)27-16(7-14)10-21/h14-16H,6-13H2,1-5H3. The van der Waals surface area contributed by atoms with E-state index >= 15 is 0 Å². The average molecular weight is 379 g/mol. The first kappa shape index (κ1) is 19.2. The SMILES string of the molecule is CC(C)(C)CC1(C(=O)OCOC23CC4CC(C2)OC(=O)C(C4)C3)CC1(C)C. The highest BCUT2D eigenvalue weighted by atomic mass is 16.7. The Morgan fingerprint density at radius 3 is 2.52 bits per heavy atom. The lowest BCUT2D eigenvalue weighted by molar-refractivity contribution is -0.198. The third-order valence-corrected chi connectivity index (χ3v) is 7.40. The molecule has 0 aromatic heterocycles. The molecule has 4 bridgehead atoms. The number of rotatable bonds is 5. The number of ether oxygens (including phenoxy) is 3. The van der Waals surface area contributed by atoms with Gasteiger partial charge < -0.3 is 14.2 Å². The van der Waals surface area contributed by atoms with Crippen molar-refractivity contribution in [2.24, 2.45) is 28.1 Å². The summed E-state index contributed by atoms with van der Waals surface area (Å²) in [6.45, 7) is 10.8. The van der Waals surface area contributed by atoms with Gasteiger partial charge >= 0.3 is 11.9 Å². The van der Waals surface area contributed by atoms with E-state index in [1.165, 1.54) is 0 Å². The van der Waals surface area contributed by atoms with Crippen LogP contribution in [-0.2, 0) is 23.8 Å². The van der Waals surface area contributed by atoms with Gasteiger partial charge in [-0.05, 0) is 55.3 Å². The van der Waals surface area contributed by atoms with E-state index < -0.39 is 5.41 Å². The minimum Gasteiger partial charge on any atom is -0.462 e. The summed E-state index contributed by atoms with van der Waals surface area (Å²) < 4.78 is 17.5. The third-order valence-electron chi connectivity index (χ3n) is 7.40. The van der Waals surface area contributed by atoms with Crippen molar-refractivity contribution in [3.8, 4) is 0 Å². The molecule has 0 aromatic carbocycles. The summed E-state index contributed by atoms with van der Waals surface area (Å²) in [5.41, 5.74) is -0.704. The molecular formula is C22H34O5. The first-order chi connectivity index (χ1) is 12.4. The van der Waals surface area contributed by atoms with Crippen molar-refractivity contribution < 1.29 is 23.8 Å². The fourth-order valence-corrected chi connectivity index (χ4v) is 6.23. The van der Waals surface area contributed by atoms with Crippen molar-refractivity contribution >= 4 is 11.9 Å². The second kappa shape index (κ2) is 5.95. The van der Waals surface area contributed by atoms with Crippen LogP contribution in [0.25, 0.3) is 0 Å². The van der Waals surface area contributed by atoms with Gasteiger partial charge in [-0.3, -0.25) is 9.59 Å². The minimum absolute atomic E-state index is 0.0127. The van der Waals surface area contributed by atoms with Crippen LogP contribution in [0.3, 0.4) is 0 Å². The number of hydrogen-bond donors (Lipinski definition) is 0. The van der Waals surface area contributed by atoms with E-state index in [0.29, 0.717) is 12.3 Å². The van der Waals surface area contributed by atoms with Crippen molar-refractivity contribution in [3.05, 3.63) is 0 Å². The average Bonchev–Trinajstić information content (AvgIpc) is 3.09. The van der Waals surface area contributed by atoms with Gasteiger partial charge in [0.05, 0.1) is 16.9 Å². The maximum absolute atomic E-state index is 12.9. The molecule has 3 aliphatic carbocycles. The van der Waals surface area contributed by atoms with Crippen LogP contribution in [0.2, 0.25) is 0 Å². The van der Waals surface area contributed by atoms with Crippen LogP contribution >= 0.6 is 0 Å². The molecular weight excluding hydrogens is 344 g/mol. The van der Waals surface area contributed by atoms with Gasteiger partial charge in [-0.1, -0.05) is 34.6 Å². The molecule has 2 saturated heterocycles. The Balaban J connectivity index is 1.38. The molecule has 5 heteroatoms. The highest BCUT2D eigenvalue weighted by molar-refractivity contribution is 5.81. The van der Waals surface area contributed by atoms with Crippen LogP contribution in [-0.4, -0.2) is 30.4 Å². The molecule has 5 unspecified atom stereocenters. The summed E-state index contributed by atoms with van der Waals surface area (Å²) in [5, 5.41) is 0. The van der Waals surface area contributed by atoms with Gasteiger partial charge in [0.2, 0.25) is 0 Å². The lowest BCUT2D eigenvalue weighted by Crippen LogP contribution is -2.47. The van der Waals surface area contributed by atoms with Gasteiger partial charge in [0.1, 0.15) is 6.10 Å². The molecule has 0 aromatic rings. The first-order valence-electron chi connectivity index (χ1n) is 10.5. The second-order valence-electron chi connectivity index (χ2n) is 11.5. The number of carbonyl (C=O) groups excluding carboxylic acids is 2. The first-order valence-corrected chi connectivity index (χ1v) is 10.5. The summed E-state index contributed by atoms with van der Waals surface area (Å²) in [7, 11) is 0. The molecule has 3 saturated carbocycles. The summed E-state index contributed by atoms with van der Waals surface area (Å²) >= 11 is 0. The second-order valence-corrected chi connectivity index (χ2v) is 11.5. The van der Waals surface area contributed by atoms with E-state index in [2.05, 4.69) is 34.6 Å². The molecule has 5 aliphatic rings. The number of esters is 2. The normalized spacial score (nSPS) is 41.8. The van der Waals surface area contributed by atoms with Crippen LogP contribution in [0.5, 0.6) is 0 Å². The quantitative estimate of drug-likeness (QED) is 0.529. The summed E-state index contributed by atoms with van der Waals surface area (Å²) in [4.78, 5) is 25.1. The molecule has 27 heavy (non-hydrogen) atoms. The van der Waals surface area contributed by atoms with E-state index in [1.807, 2.05) is 0 Å². The third kappa shape index (κ3) is 3.41. The van der Waals surface area contributed by atoms with Crippen molar-refractivity contribution in [1.82, 2.24) is 0 Å². The molecule has 2 aliphatic heterocycles. The van der Waals surface area contributed by atoms with E-state index in [0.717, 1.165) is 38.5 Å². The van der Waals surface area contributed by atoms with Crippen molar-refractivity contribution in [2.45, 2.75) is 91.3 Å². The predicted molar refractivity (Wildman–Crippen MR) is 99.6 cm³/mol.